The van der Waals surface area contributed by atoms with Gasteiger partial charge in [0.15, 0.2) is 22.3 Å². The van der Waals surface area contributed by atoms with E-state index in [1.54, 1.807) is 36.8 Å². The van der Waals surface area contributed by atoms with Crippen molar-refractivity contribution in [2.24, 2.45) is 0 Å². The van der Waals surface area contributed by atoms with Crippen LogP contribution in [-0.2, 0) is 79.0 Å². The number of carbonyl (C=O) groups excluding carboxylic acids is 4. The third kappa shape index (κ3) is 19.4. The highest BCUT2D eigenvalue weighted by Crippen LogP contribution is 2.42. The highest BCUT2D eigenvalue weighted by Gasteiger charge is 2.40. The summed E-state index contributed by atoms with van der Waals surface area (Å²) >= 11 is 0. The molecule has 2 saturated heterocycles. The Bertz CT molecular complexity index is 3410. The van der Waals surface area contributed by atoms with Crippen LogP contribution >= 0.6 is 14.9 Å². The molecule has 0 radical (unpaired) electrons. The van der Waals surface area contributed by atoms with E-state index in [1.165, 1.54) is 26.5 Å². The van der Waals surface area contributed by atoms with Gasteiger partial charge in [-0.25, -0.2) is 30.3 Å². The third-order valence-electron chi connectivity index (χ3n) is 13.4. The van der Waals surface area contributed by atoms with E-state index in [9.17, 15) is 33.3 Å². The van der Waals surface area contributed by atoms with Gasteiger partial charge in [0, 0.05) is 12.8 Å². The van der Waals surface area contributed by atoms with Crippen molar-refractivity contribution in [2.75, 3.05) is 50.6 Å². The van der Waals surface area contributed by atoms with Crippen LogP contribution in [0.3, 0.4) is 0 Å². The summed E-state index contributed by atoms with van der Waals surface area (Å²) in [6, 6.07) is 14.6. The summed E-state index contributed by atoms with van der Waals surface area (Å²) in [4.78, 5) is 97.2. The number of nitrogens with two attached hydrogens (primary N) is 2. The van der Waals surface area contributed by atoms with Crippen LogP contribution in [0.25, 0.3) is 22.3 Å². The third-order valence-corrected chi connectivity index (χ3v) is 17.5. The Morgan fingerprint density at radius 3 is 1.34 bits per heavy atom. The number of nitrogens with zero attached hydrogens (tertiary/aromatic N) is 6. The Labute approximate surface area is 507 Å². The minimum absolute atomic E-state index is 0.0524. The molecule has 0 saturated carbocycles. The molecule has 480 valence electrons. The molecule has 2 fully saturated rings. The topological polar surface area (TPSA) is 404 Å². The van der Waals surface area contributed by atoms with E-state index in [0.717, 1.165) is 11.1 Å². The monoisotopic (exact) mass is 1270 g/mol. The molecular weight excluding hydrogens is 1190 g/mol. The van der Waals surface area contributed by atoms with Crippen molar-refractivity contribution in [1.82, 2.24) is 59.4 Å². The van der Waals surface area contributed by atoms with Gasteiger partial charge in [0.1, 0.15) is 49.3 Å². The predicted octanol–water partition coefficient (Wildman–Crippen LogP) is 4.48. The number of anilines is 2. The second kappa shape index (κ2) is 31.8. The molecule has 88 heavy (non-hydrogen) atoms. The number of imidazole rings is 2. The Morgan fingerprint density at radius 1 is 0.602 bits per heavy atom. The number of H-pyrrole nitrogens is 2. The maximum Gasteiger partial charge on any atom is 0.323 e. The van der Waals surface area contributed by atoms with Crippen LogP contribution in [-0.4, -0.2) is 151 Å². The Morgan fingerprint density at radius 2 is 0.977 bits per heavy atom. The number of fused-ring (bicyclic) bond motifs is 2. The summed E-state index contributed by atoms with van der Waals surface area (Å²) in [6.45, 7) is 14.3. The van der Waals surface area contributed by atoms with Crippen molar-refractivity contribution in [3.05, 3.63) is 105 Å². The number of hydrogen-bond donors (Lipinski definition) is 8. The molecule has 10 N–H and O–H groups in total. The van der Waals surface area contributed by atoms with Gasteiger partial charge in [-0.15, -0.1) is 0 Å². The molecule has 2 aliphatic rings. The van der Waals surface area contributed by atoms with Gasteiger partial charge in [-0.2, -0.15) is 9.97 Å². The summed E-state index contributed by atoms with van der Waals surface area (Å²) in [5.74, 6) is -2.47. The number of aromatic amines is 2. The molecule has 32 heteroatoms. The lowest BCUT2D eigenvalue weighted by atomic mass is 10.1. The summed E-state index contributed by atoms with van der Waals surface area (Å²) in [6.07, 6.45) is 1.40. The zero-order chi connectivity index (χ0) is 63.7. The number of esters is 4. The summed E-state index contributed by atoms with van der Waals surface area (Å²) in [7, 11) is -7.62. The molecule has 2 aliphatic heterocycles. The maximum atomic E-state index is 15.0. The van der Waals surface area contributed by atoms with E-state index in [1.807, 2.05) is 74.5 Å². The second-order valence-corrected chi connectivity index (χ2v) is 26.2. The smallest absolute Gasteiger partial charge is 0.323 e. The molecule has 6 heterocycles. The molecule has 0 bridgehead atoms. The molecule has 6 aromatic rings. The van der Waals surface area contributed by atoms with Gasteiger partial charge in [0.2, 0.25) is 26.8 Å². The fourth-order valence-corrected chi connectivity index (χ4v) is 13.5. The lowest BCUT2D eigenvalue weighted by Gasteiger charge is -2.29. The summed E-state index contributed by atoms with van der Waals surface area (Å²) in [5.41, 5.74) is 12.9. The van der Waals surface area contributed by atoms with E-state index in [2.05, 4.69) is 50.3 Å². The minimum Gasteiger partial charge on any atom is -0.465 e. The molecule has 0 aliphatic carbocycles. The fourth-order valence-electron chi connectivity index (χ4n) is 9.30. The Hall–Kier alpha value is -7.24. The van der Waals surface area contributed by atoms with Gasteiger partial charge < -0.3 is 49.4 Å². The van der Waals surface area contributed by atoms with E-state index in [0.29, 0.717) is 25.7 Å². The van der Waals surface area contributed by atoms with Crippen LogP contribution in [0, 0.1) is 0 Å². The zero-order valence-electron chi connectivity index (χ0n) is 50.5. The normalized spacial score (nSPS) is 18.4. The molecule has 8 rings (SSSR count). The molecule has 4 aromatic heterocycles. The quantitative estimate of drug-likeness (QED) is 0.0175. The lowest BCUT2D eigenvalue weighted by molar-refractivity contribution is -0.149. The van der Waals surface area contributed by atoms with Crippen molar-refractivity contribution >= 4 is 73.0 Å². The van der Waals surface area contributed by atoms with Crippen molar-refractivity contribution in [3.8, 4) is 0 Å². The van der Waals surface area contributed by atoms with Crippen molar-refractivity contribution in [3.63, 3.8) is 0 Å². The first-order chi connectivity index (χ1) is 41.9. The number of rotatable bonds is 30. The number of hydrogen-bond acceptors (Lipinski definition) is 22. The number of carbonyl (C=O) groups is 4. The molecule has 2 aromatic carbocycles. The zero-order valence-corrected chi connectivity index (χ0v) is 52.2. The van der Waals surface area contributed by atoms with Gasteiger partial charge in [0.25, 0.3) is 11.1 Å². The second-order valence-electron chi connectivity index (χ2n) is 21.7. The lowest BCUT2D eigenvalue weighted by Crippen LogP contribution is -2.47. The number of nitrogen functional groups attached to an aromatic ring is 2. The van der Waals surface area contributed by atoms with Crippen LogP contribution in [0.2, 0.25) is 0 Å². The van der Waals surface area contributed by atoms with Gasteiger partial charge in [-0.3, -0.25) is 57.0 Å². The van der Waals surface area contributed by atoms with Crippen LogP contribution in [0.1, 0.15) is 105 Å². The number of aromatic nitrogens is 8. The Kier molecular flexibility index (Phi) is 24.7. The van der Waals surface area contributed by atoms with Crippen LogP contribution in [0.15, 0.2) is 82.9 Å². The first kappa shape index (κ1) is 68.3. The first-order valence-corrected chi connectivity index (χ1v) is 32.8. The number of benzene rings is 2. The number of nitrogens with one attached hydrogen (secondary N) is 6. The van der Waals surface area contributed by atoms with Gasteiger partial charge in [0.05, 0.1) is 63.5 Å². The molecule has 0 unspecified atom stereocenters. The van der Waals surface area contributed by atoms with Crippen molar-refractivity contribution in [1.29, 1.82) is 0 Å². The largest absolute Gasteiger partial charge is 0.465 e. The SMILES string of the molecule is CC(C)OC(=O)[C@H](C)NP(=O)(CO[C@H]1CO[C@@H](n2cnc3c(=O)[nH]c(N)nc32)C1)N[C@@H](C)C(=O)OC(C)C.CCCOC(=O)[C@H](Cc1ccccc1)NP(=O)(CO[C@H]1CO[C@@H](n2cnc3c(=O)[nH]c(N)nc32)C1)N[C@@H](Cc1ccccc1)C(=O)OCCC. The van der Waals surface area contributed by atoms with E-state index in [-0.39, 0.29) is 92.0 Å². The van der Waals surface area contributed by atoms with Crippen molar-refractivity contribution < 1.29 is 66.2 Å². The highest BCUT2D eigenvalue weighted by atomic mass is 31.2. The molecular formula is C56H80N14O16P2. The van der Waals surface area contributed by atoms with Gasteiger partial charge in [-0.1, -0.05) is 74.5 Å². The average molecular weight is 1270 g/mol. The summed E-state index contributed by atoms with van der Waals surface area (Å²) < 4.78 is 77.4. The van der Waals surface area contributed by atoms with Gasteiger partial charge >= 0.3 is 23.9 Å². The standard InChI is InChI=1S/C34H44N7O8P.C22H36N7O8P/c1-3-15-46-32(43)26(17-23-11-7-5-8-12-23)39-50(45,40-27(33(44)47-16-4-2)18-24-13-9-6-10-14-24)22-49-25-19-28(48-20-25)41-21-36-29-30(41)37-34(35)38-31(29)42;1-11(2)36-20(31)13(5)27-38(33,28-14(6)21(32)37-12(3)4)10-35-15-7-16(34-8-15)29-9-24-17-18(29)25-22(23)26-19(17)30/h5-14,21,25-28H,3-4,15-20,22H2,1-2H3,(H2,39,40,45)(H3,35,37,38,42);9,11-16H,7-8,10H2,1-6H3,(H2,27,28,33)(H3,23,25,26,30)/t25-,26+,27+,28-;13-,14-,15+,16+/m10/s1. The molecule has 8 atom stereocenters. The van der Waals surface area contributed by atoms with Crippen LogP contribution < -0.4 is 42.9 Å². The first-order valence-electron chi connectivity index (χ1n) is 29.0. The molecule has 30 nitrogen and oxygen atoms in total. The van der Waals surface area contributed by atoms with E-state index < -0.39 is 105 Å². The Balaban J connectivity index is 0.000000261. The van der Waals surface area contributed by atoms with E-state index >= 15 is 4.57 Å². The van der Waals surface area contributed by atoms with Crippen LogP contribution in [0.4, 0.5) is 11.9 Å². The predicted molar refractivity (Wildman–Crippen MR) is 323 cm³/mol. The van der Waals surface area contributed by atoms with Crippen molar-refractivity contribution in [2.45, 2.75) is 155 Å². The van der Waals surface area contributed by atoms with Crippen LogP contribution in [0.5, 0.6) is 0 Å². The highest BCUT2D eigenvalue weighted by molar-refractivity contribution is 7.60. The summed E-state index contributed by atoms with van der Waals surface area (Å²) in [5, 5.41) is 11.6. The van der Waals surface area contributed by atoms with Gasteiger partial charge in [-0.05, 0) is 78.4 Å². The number of ether oxygens (including phenoxy) is 8. The van der Waals surface area contributed by atoms with E-state index in [4.69, 9.17) is 49.4 Å². The minimum atomic E-state index is -3.93. The fraction of sp³-hybridized carbons (Fsp3) is 0.536. The molecule has 0 spiro atoms. The average Bonchev–Trinajstić information content (AvgIpc) is 3.22. The maximum absolute atomic E-state index is 15.0. The molecule has 0 amide bonds.